The third-order valence-electron chi connectivity index (χ3n) is 7.31. The van der Waals surface area contributed by atoms with Crippen LogP contribution in [0.1, 0.15) is 44.2 Å². The van der Waals surface area contributed by atoms with E-state index in [2.05, 4.69) is 21.2 Å². The summed E-state index contributed by atoms with van der Waals surface area (Å²) in [6.07, 6.45) is 2.53. The van der Waals surface area contributed by atoms with Gasteiger partial charge >= 0.3 is 0 Å². The van der Waals surface area contributed by atoms with Crippen LogP contribution in [0.3, 0.4) is 0 Å². The molecule has 2 amide bonds. The third kappa shape index (κ3) is 8.96. The number of benzene rings is 3. The molecule has 0 radical (unpaired) electrons. The Kier molecular flexibility index (Phi) is 11.1. The molecule has 0 saturated carbocycles. The summed E-state index contributed by atoms with van der Waals surface area (Å²) < 4.78 is 38.4. The molecule has 0 bridgehead atoms. The minimum absolute atomic E-state index is 0.0481. The van der Waals surface area contributed by atoms with Crippen molar-refractivity contribution in [2.75, 3.05) is 23.9 Å². The number of carbonyl (C=O) groups is 2. The summed E-state index contributed by atoms with van der Waals surface area (Å²) >= 11 is 3.51. The van der Waals surface area contributed by atoms with E-state index in [0.717, 1.165) is 28.3 Å². The summed E-state index contributed by atoms with van der Waals surface area (Å²) in [5.74, 6) is 0.563. The zero-order valence-corrected chi connectivity index (χ0v) is 27.1. The molecule has 3 aromatic rings. The predicted octanol–water partition coefficient (Wildman–Crippen LogP) is 5.28. The normalized spacial score (nSPS) is 13.7. The highest BCUT2D eigenvalue weighted by Gasteiger charge is 2.31. The van der Waals surface area contributed by atoms with Gasteiger partial charge in [0.1, 0.15) is 6.04 Å². The fraction of sp³-hybridized carbons (Fsp3) is 0.375. The van der Waals surface area contributed by atoms with E-state index in [1.54, 1.807) is 23.1 Å². The Morgan fingerprint density at radius 3 is 2.40 bits per heavy atom. The SMILES string of the molecule is CC[C@@H](C)NC(=O)[C@H](Cc1ccccc1)N(Cc1cccc(Br)c1)C(=O)CCCN(c1ccc2c(c1)OCO2)S(C)(=O)=O. The number of carbonyl (C=O) groups excluding carboxylic acids is 2. The number of rotatable bonds is 14. The zero-order chi connectivity index (χ0) is 31.0. The number of nitrogens with zero attached hydrogens (tertiary/aromatic N) is 2. The van der Waals surface area contributed by atoms with E-state index in [9.17, 15) is 18.0 Å². The van der Waals surface area contributed by atoms with Crippen LogP contribution in [0.5, 0.6) is 11.5 Å². The van der Waals surface area contributed by atoms with Crippen LogP contribution in [0.2, 0.25) is 0 Å². The topological polar surface area (TPSA) is 105 Å². The summed E-state index contributed by atoms with van der Waals surface area (Å²) in [6.45, 7) is 4.32. The largest absolute Gasteiger partial charge is 0.454 e. The second kappa shape index (κ2) is 14.7. The van der Waals surface area contributed by atoms with Crippen molar-refractivity contribution >= 4 is 43.5 Å². The number of sulfonamides is 1. The molecule has 43 heavy (non-hydrogen) atoms. The van der Waals surface area contributed by atoms with Crippen LogP contribution in [-0.2, 0) is 32.6 Å². The van der Waals surface area contributed by atoms with Crippen molar-refractivity contribution in [1.82, 2.24) is 10.2 Å². The minimum atomic E-state index is -3.65. The van der Waals surface area contributed by atoms with Crippen LogP contribution in [0, 0.1) is 0 Å². The first-order valence-corrected chi connectivity index (χ1v) is 16.9. The highest BCUT2D eigenvalue weighted by atomic mass is 79.9. The standard InChI is InChI=1S/C32H38BrN3O6S/c1-4-23(2)34-32(38)28(19-24-10-6-5-7-11-24)35(21-25-12-8-13-26(33)18-25)31(37)14-9-17-36(43(3,39)40)27-15-16-29-30(20-27)42-22-41-29/h5-8,10-13,15-16,18,20,23,28H,4,9,14,17,19,21-22H2,1-3H3,(H,34,38)/t23-,28+/m1/s1. The molecule has 11 heteroatoms. The Morgan fingerprint density at radius 1 is 0.977 bits per heavy atom. The highest BCUT2D eigenvalue weighted by molar-refractivity contribution is 9.10. The second-order valence-corrected chi connectivity index (χ2v) is 13.5. The van der Waals surface area contributed by atoms with Gasteiger partial charge in [-0.3, -0.25) is 13.9 Å². The van der Waals surface area contributed by atoms with E-state index in [0.29, 0.717) is 23.6 Å². The van der Waals surface area contributed by atoms with E-state index in [4.69, 9.17) is 9.47 Å². The van der Waals surface area contributed by atoms with Crippen molar-refractivity contribution in [3.05, 3.63) is 88.4 Å². The van der Waals surface area contributed by atoms with E-state index >= 15 is 0 Å². The number of halogens is 1. The molecule has 3 aromatic carbocycles. The lowest BCUT2D eigenvalue weighted by Gasteiger charge is -2.32. The molecule has 9 nitrogen and oxygen atoms in total. The molecule has 0 fully saturated rings. The van der Waals surface area contributed by atoms with E-state index < -0.39 is 16.1 Å². The molecule has 0 aliphatic carbocycles. The van der Waals surface area contributed by atoms with Crippen LogP contribution >= 0.6 is 15.9 Å². The fourth-order valence-electron chi connectivity index (χ4n) is 4.87. The van der Waals surface area contributed by atoms with Gasteiger partial charge in [-0.05, 0) is 55.2 Å². The van der Waals surface area contributed by atoms with Crippen LogP contribution in [0.4, 0.5) is 5.69 Å². The Balaban J connectivity index is 1.58. The Morgan fingerprint density at radius 2 is 1.70 bits per heavy atom. The maximum Gasteiger partial charge on any atom is 0.243 e. The lowest BCUT2D eigenvalue weighted by atomic mass is 10.0. The van der Waals surface area contributed by atoms with Crippen LogP contribution in [-0.4, -0.2) is 56.8 Å². The average Bonchev–Trinajstić information content (AvgIpc) is 3.45. The minimum Gasteiger partial charge on any atom is -0.454 e. The summed E-state index contributed by atoms with van der Waals surface area (Å²) in [5.41, 5.74) is 2.24. The molecule has 1 aliphatic rings. The number of fused-ring (bicyclic) bond motifs is 1. The smallest absolute Gasteiger partial charge is 0.243 e. The number of ether oxygens (including phenoxy) is 2. The molecule has 0 saturated heterocycles. The van der Waals surface area contributed by atoms with Gasteiger partial charge in [0.05, 0.1) is 11.9 Å². The summed E-state index contributed by atoms with van der Waals surface area (Å²) in [4.78, 5) is 29.3. The van der Waals surface area contributed by atoms with Gasteiger partial charge in [0.2, 0.25) is 28.6 Å². The number of nitrogens with one attached hydrogen (secondary N) is 1. The number of hydrogen-bond acceptors (Lipinski definition) is 6. The zero-order valence-electron chi connectivity index (χ0n) is 24.7. The Labute approximate surface area is 262 Å². The van der Waals surface area contributed by atoms with Gasteiger partial charge in [0.25, 0.3) is 0 Å². The van der Waals surface area contributed by atoms with Gasteiger partial charge in [-0.15, -0.1) is 0 Å². The lowest BCUT2D eigenvalue weighted by Crippen LogP contribution is -2.52. The van der Waals surface area contributed by atoms with E-state index in [-0.39, 0.29) is 50.6 Å². The Hall–Kier alpha value is -3.57. The van der Waals surface area contributed by atoms with Gasteiger partial charge in [0, 0.05) is 42.5 Å². The monoisotopic (exact) mass is 671 g/mol. The van der Waals surface area contributed by atoms with Gasteiger partial charge in [-0.25, -0.2) is 8.42 Å². The van der Waals surface area contributed by atoms with Crippen molar-refractivity contribution in [2.24, 2.45) is 0 Å². The highest BCUT2D eigenvalue weighted by Crippen LogP contribution is 2.36. The lowest BCUT2D eigenvalue weighted by molar-refractivity contribution is -0.141. The fourth-order valence-corrected chi connectivity index (χ4v) is 6.28. The predicted molar refractivity (Wildman–Crippen MR) is 171 cm³/mol. The third-order valence-corrected chi connectivity index (χ3v) is 9.00. The molecular formula is C32H38BrN3O6S. The first-order valence-electron chi connectivity index (χ1n) is 14.3. The molecule has 1 heterocycles. The number of amides is 2. The molecule has 0 aromatic heterocycles. The molecule has 2 atom stereocenters. The maximum atomic E-state index is 14.0. The van der Waals surface area contributed by atoms with E-state index in [1.165, 1.54) is 4.31 Å². The summed E-state index contributed by atoms with van der Waals surface area (Å²) in [5, 5.41) is 3.07. The molecule has 1 N–H and O–H groups in total. The maximum absolute atomic E-state index is 14.0. The van der Waals surface area contributed by atoms with Gasteiger partial charge in [0.15, 0.2) is 11.5 Å². The second-order valence-electron chi connectivity index (χ2n) is 10.7. The summed E-state index contributed by atoms with van der Waals surface area (Å²) in [6, 6.07) is 21.4. The van der Waals surface area contributed by atoms with E-state index in [1.807, 2.05) is 68.4 Å². The number of anilines is 1. The summed E-state index contributed by atoms with van der Waals surface area (Å²) in [7, 11) is -3.65. The molecule has 4 rings (SSSR count). The van der Waals surface area contributed by atoms with Crippen molar-refractivity contribution in [1.29, 1.82) is 0 Å². The first-order chi connectivity index (χ1) is 20.5. The molecule has 230 valence electrons. The molecule has 0 unspecified atom stereocenters. The molecule has 0 spiro atoms. The van der Waals surface area contributed by atoms with Crippen molar-refractivity contribution < 1.29 is 27.5 Å². The van der Waals surface area contributed by atoms with Gasteiger partial charge < -0.3 is 19.7 Å². The quantitative estimate of drug-likeness (QED) is 0.250. The van der Waals surface area contributed by atoms with Crippen LogP contribution < -0.4 is 19.1 Å². The first kappa shape index (κ1) is 32.3. The van der Waals surface area contributed by atoms with Gasteiger partial charge in [-0.2, -0.15) is 0 Å². The van der Waals surface area contributed by atoms with Gasteiger partial charge in [-0.1, -0.05) is 65.3 Å². The van der Waals surface area contributed by atoms with Crippen molar-refractivity contribution in [3.63, 3.8) is 0 Å². The average molecular weight is 673 g/mol. The Bertz CT molecular complexity index is 1520. The van der Waals surface area contributed by atoms with Crippen LogP contribution in [0.15, 0.2) is 77.3 Å². The molecular weight excluding hydrogens is 634 g/mol. The van der Waals surface area contributed by atoms with Crippen molar-refractivity contribution in [3.8, 4) is 11.5 Å². The molecule has 1 aliphatic heterocycles. The van der Waals surface area contributed by atoms with Crippen LogP contribution in [0.25, 0.3) is 0 Å². The van der Waals surface area contributed by atoms with Crippen molar-refractivity contribution in [2.45, 2.75) is 58.2 Å². The number of hydrogen-bond donors (Lipinski definition) is 1.